The molecule has 0 aliphatic heterocycles. The van der Waals surface area contributed by atoms with Gasteiger partial charge in [0.1, 0.15) is 0 Å². The Hall–Kier alpha value is 0. The third-order valence-electron chi connectivity index (χ3n) is 29.7. The van der Waals surface area contributed by atoms with Gasteiger partial charge in [0.15, 0.2) is 0 Å². The van der Waals surface area contributed by atoms with Crippen LogP contribution in [0.25, 0.3) is 0 Å². The molecule has 0 rings (SSSR count). The zero-order chi connectivity index (χ0) is 88.3. The van der Waals surface area contributed by atoms with Crippen LogP contribution in [0.15, 0.2) is 0 Å². The highest BCUT2D eigenvalue weighted by molar-refractivity contribution is 4.86. The van der Waals surface area contributed by atoms with E-state index in [1.165, 1.54) is 25.7 Å². The van der Waals surface area contributed by atoms with Crippen LogP contribution in [0.1, 0.15) is 510 Å². The maximum Gasteiger partial charge on any atom is -0.0283 e. The molecule has 0 aromatic rings. The number of hydrogen-bond acceptors (Lipinski definition) is 0. The molecule has 0 aromatic carbocycles. The van der Waals surface area contributed by atoms with Gasteiger partial charge in [0.2, 0.25) is 0 Å². The molecule has 0 radical (unpaired) electrons. The highest BCUT2D eigenvalue weighted by Crippen LogP contribution is 2.45. The summed E-state index contributed by atoms with van der Waals surface area (Å²) in [4.78, 5) is 0. The third kappa shape index (κ3) is 69.7. The van der Waals surface area contributed by atoms with Crippen LogP contribution >= 0.6 is 0 Å². The lowest BCUT2D eigenvalue weighted by Crippen LogP contribution is -2.34. The summed E-state index contributed by atoms with van der Waals surface area (Å²) in [5, 5.41) is 0. The van der Waals surface area contributed by atoms with Crippen molar-refractivity contribution in [2.24, 2.45) is 163 Å². The number of hydrogen-bond donors (Lipinski definition) is 0. The van der Waals surface area contributed by atoms with Crippen molar-refractivity contribution in [1.82, 2.24) is 0 Å². The Labute approximate surface area is 669 Å². The molecule has 0 nitrogen and oxygen atoms in total. The van der Waals surface area contributed by atoms with Crippen molar-refractivity contribution in [2.75, 3.05) is 0 Å². The third-order valence-corrected chi connectivity index (χ3v) is 29.7. The van der Waals surface area contributed by atoms with Crippen LogP contribution in [0.3, 0.4) is 0 Å². The molecule has 0 saturated carbocycles. The first kappa shape index (κ1) is 129. The van der Waals surface area contributed by atoms with Crippen LogP contribution < -0.4 is 0 Å². The molecule has 3 atom stereocenters. The van der Waals surface area contributed by atoms with Crippen LogP contribution in [-0.2, 0) is 0 Å². The van der Waals surface area contributed by atoms with Gasteiger partial charge in [-0.25, -0.2) is 0 Å². The Morgan fingerprint density at radius 2 is 0.417 bits per heavy atom. The maximum absolute atomic E-state index is 2.34. The van der Waals surface area contributed by atoms with Gasteiger partial charge >= 0.3 is 0 Å². The van der Waals surface area contributed by atoms with E-state index in [1.807, 2.05) is 0 Å². The minimum atomic E-state index is 0.418. The largest absolute Gasteiger partial charge is 0.0651 e. The second-order valence-corrected chi connectivity index (χ2v) is 51.3. The van der Waals surface area contributed by atoms with Gasteiger partial charge in [0.05, 0.1) is 0 Å². The molecular weight excluding hydrogens is 1240 g/mol. The Bertz CT molecular complexity index is 1720. The summed E-state index contributed by atoms with van der Waals surface area (Å²) in [6, 6.07) is 0. The molecular formula is C103H230. The highest BCUT2D eigenvalue weighted by Gasteiger charge is 2.36. The predicted octanol–water partition coefficient (Wildman–Crippen LogP) is 39.0. The summed E-state index contributed by atoms with van der Waals surface area (Å²) in [6.45, 7) is 160. The van der Waals surface area contributed by atoms with Crippen LogP contribution in [0.5, 0.6) is 0 Å². The van der Waals surface area contributed by atoms with Crippen molar-refractivity contribution in [3.8, 4) is 0 Å². The van der Waals surface area contributed by atoms with Gasteiger partial charge in [-0.15, -0.1) is 0 Å². The summed E-state index contributed by atoms with van der Waals surface area (Å²) < 4.78 is 0. The van der Waals surface area contributed by atoms with E-state index in [4.69, 9.17) is 0 Å². The Balaban J connectivity index is -0.0000000878. The Morgan fingerprint density at radius 3 is 0.417 bits per heavy atom. The monoisotopic (exact) mass is 1470 g/mol. The zero-order valence-corrected chi connectivity index (χ0v) is 88.3. The summed E-state index contributed by atoms with van der Waals surface area (Å²) in [5.74, 6) is 9.79. The summed E-state index contributed by atoms with van der Waals surface area (Å²) >= 11 is 0. The molecule has 642 valence electrons. The van der Waals surface area contributed by atoms with E-state index in [9.17, 15) is 0 Å². The lowest BCUT2D eigenvalue weighted by molar-refractivity contribution is 0.0737. The van der Waals surface area contributed by atoms with Crippen LogP contribution in [0.4, 0.5) is 0 Å². The van der Waals surface area contributed by atoms with Crippen LogP contribution in [0, 0.1) is 163 Å². The van der Waals surface area contributed by atoms with E-state index >= 15 is 0 Å². The lowest BCUT2D eigenvalue weighted by Gasteiger charge is -2.42. The zero-order valence-electron chi connectivity index (χ0n) is 88.3. The molecule has 1 unspecified atom stereocenters. The first-order valence-corrected chi connectivity index (χ1v) is 43.7. The SMILES string of the molecule is CC(C(C)(C)C)C(C)(C)C.CC(C)(C)C(C)(C)C.CC(C)(C)C(C)(C)C.CC(C)(C)C(C)(C)C.CC(C)C(C)(C)C(C)(C)C.CC(C)C(C)(C)C(C)C.CC(C)C(C)C(C)C.CC(C)[C@@H](C)C(C)(C)C.CCC(C)(C)C(C)(C)C.CCC(C)(C)C(C)C.CCC(C)C(C)(C)C.CC[C@@H](C)C(C)(C)C. The standard InChI is InChI=1S/2C10H22.3C9H20.7C8H18/c1-8(9(2,3)4)10(5,6)7;1-8(2)10(6,7)9(3,4)5;1-7-9(5,6)8(2,3)4;1-7(2)8(3)9(4,5)6;1-7(2)9(5,6)8(3)4;3*1-7(2,3)8(4,5)6;2*1-6-7(2)8(3,4)5;1-6-8(4,5)7(2)3;1-6(2)8(5)7(3)4/h2*8H,1-7H3;7H2,1-6H3;2*7-8H,1-6H3;3*1-6H3;3*7H,6H2,1-5H3;6-8H,1-5H3/t;;;8-;;;;;7-;;;/m...1....1.../s1. The van der Waals surface area contributed by atoms with Gasteiger partial charge in [0, 0.05) is 0 Å². The molecule has 0 bridgehead atoms. The molecule has 0 aromatic heterocycles. The molecule has 0 amide bonds. The van der Waals surface area contributed by atoms with Gasteiger partial charge in [-0.2, -0.15) is 0 Å². The van der Waals surface area contributed by atoms with E-state index in [2.05, 4.69) is 485 Å². The smallest absolute Gasteiger partial charge is 0.0283 e. The van der Waals surface area contributed by atoms with Crippen molar-refractivity contribution in [1.29, 1.82) is 0 Å². The molecule has 0 heterocycles. The van der Waals surface area contributed by atoms with E-state index in [0.29, 0.717) is 92.1 Å². The molecule has 0 saturated heterocycles. The van der Waals surface area contributed by atoms with E-state index in [0.717, 1.165) is 71.0 Å². The Morgan fingerprint density at radius 1 is 0.204 bits per heavy atom. The normalized spacial score (nSPS) is 14.4. The van der Waals surface area contributed by atoms with Crippen LogP contribution in [0.2, 0.25) is 0 Å². The van der Waals surface area contributed by atoms with Gasteiger partial charge < -0.3 is 0 Å². The second-order valence-electron chi connectivity index (χ2n) is 51.3. The molecule has 0 aliphatic carbocycles. The lowest BCUT2D eigenvalue weighted by atomic mass is 9.63. The predicted molar refractivity (Wildman–Crippen MR) is 499 cm³/mol. The van der Waals surface area contributed by atoms with Crippen molar-refractivity contribution in [3.63, 3.8) is 0 Å². The van der Waals surface area contributed by atoms with E-state index in [1.54, 1.807) is 0 Å². The van der Waals surface area contributed by atoms with Crippen molar-refractivity contribution in [2.45, 2.75) is 510 Å². The van der Waals surface area contributed by atoms with Gasteiger partial charge in [-0.1, -0.05) is 510 Å². The first-order valence-electron chi connectivity index (χ1n) is 43.7. The summed E-state index contributed by atoms with van der Waals surface area (Å²) in [6.07, 6.45) is 5.13. The molecule has 0 heteroatoms. The average molecular weight is 1470 g/mol. The fourth-order valence-electron chi connectivity index (χ4n) is 6.76. The summed E-state index contributed by atoms with van der Waals surface area (Å²) in [7, 11) is 0. The van der Waals surface area contributed by atoms with Crippen molar-refractivity contribution < 1.29 is 0 Å². The Kier molecular flexibility index (Phi) is 64.8. The number of rotatable bonds is 11. The average Bonchev–Trinajstić information content (AvgIpc) is 0.838. The van der Waals surface area contributed by atoms with Gasteiger partial charge in [-0.05, 0) is 163 Å². The molecule has 0 aliphatic rings. The van der Waals surface area contributed by atoms with Crippen molar-refractivity contribution in [3.05, 3.63) is 0 Å². The molecule has 0 spiro atoms. The minimum absolute atomic E-state index is 0.418. The highest BCUT2D eigenvalue weighted by atomic mass is 14.4. The van der Waals surface area contributed by atoms with Gasteiger partial charge in [0.25, 0.3) is 0 Å². The fourth-order valence-corrected chi connectivity index (χ4v) is 6.76. The minimum Gasteiger partial charge on any atom is -0.0651 e. The van der Waals surface area contributed by atoms with Gasteiger partial charge in [-0.3, -0.25) is 0 Å². The molecule has 103 heavy (non-hydrogen) atoms. The first-order chi connectivity index (χ1) is 43.7. The topological polar surface area (TPSA) is 0 Å². The van der Waals surface area contributed by atoms with Crippen LogP contribution in [-0.4, -0.2) is 0 Å². The van der Waals surface area contributed by atoms with E-state index in [-0.39, 0.29) is 0 Å². The maximum atomic E-state index is 2.34. The molecule has 0 N–H and O–H groups in total. The molecule has 0 fully saturated rings. The van der Waals surface area contributed by atoms with E-state index < -0.39 is 0 Å². The summed E-state index contributed by atoms with van der Waals surface area (Å²) in [5.41, 5.74) is 7.83. The second kappa shape index (κ2) is 51.6. The quantitative estimate of drug-likeness (QED) is 0.193. The van der Waals surface area contributed by atoms with Crippen molar-refractivity contribution >= 4 is 0 Å². The fraction of sp³-hybridized carbons (Fsp3) is 1.00.